The van der Waals surface area contributed by atoms with Crippen LogP contribution >= 0.6 is 0 Å². The maximum absolute atomic E-state index is 12.4. The van der Waals surface area contributed by atoms with Gasteiger partial charge in [0.2, 0.25) is 10.0 Å². The highest BCUT2D eigenvalue weighted by Crippen LogP contribution is 2.29. The van der Waals surface area contributed by atoms with Crippen LogP contribution in [0.25, 0.3) is 0 Å². The Balaban J connectivity index is 3.41. The molecule has 0 aliphatic carbocycles. The van der Waals surface area contributed by atoms with Crippen LogP contribution in [0.3, 0.4) is 0 Å². The van der Waals surface area contributed by atoms with Crippen LogP contribution in [0, 0.1) is 0 Å². The van der Waals surface area contributed by atoms with E-state index in [-0.39, 0.29) is 18.7 Å². The number of anilines is 1. The van der Waals surface area contributed by atoms with Gasteiger partial charge in [0, 0.05) is 6.54 Å². The predicted octanol–water partition coefficient (Wildman–Crippen LogP) is 2.44. The smallest absolute Gasteiger partial charge is 0.305 e. The summed E-state index contributed by atoms with van der Waals surface area (Å²) >= 11 is 0. The van der Waals surface area contributed by atoms with E-state index in [9.17, 15) is 13.2 Å². The van der Waals surface area contributed by atoms with E-state index in [0.29, 0.717) is 18.5 Å². The molecule has 1 rings (SSSR count). The molecule has 0 saturated carbocycles. The average Bonchev–Trinajstić information content (AvgIpc) is 2.46. The van der Waals surface area contributed by atoms with Crippen LogP contribution in [0.5, 0.6) is 0 Å². The van der Waals surface area contributed by atoms with Crippen molar-refractivity contribution in [2.75, 3.05) is 16.6 Å². The summed E-state index contributed by atoms with van der Waals surface area (Å²) in [6.45, 7) is 5.47. The fourth-order valence-electron chi connectivity index (χ4n) is 2.28. The molecule has 0 aliphatic heterocycles. The summed E-state index contributed by atoms with van der Waals surface area (Å²) in [5.41, 5.74) is 2.51. The molecular weight excluding hydrogens is 290 g/mol. The average molecular weight is 313 g/mol. The molecular formula is C15H23NO4S. The van der Waals surface area contributed by atoms with Gasteiger partial charge in [0.1, 0.15) is 0 Å². The van der Waals surface area contributed by atoms with Gasteiger partial charge < -0.3 is 5.11 Å². The summed E-state index contributed by atoms with van der Waals surface area (Å²) in [5.74, 6) is -1.05. The summed E-state index contributed by atoms with van der Waals surface area (Å²) in [6.07, 6.45) is 1.19. The van der Waals surface area contributed by atoms with Gasteiger partial charge in [-0.1, -0.05) is 32.0 Å². The normalized spacial score (nSPS) is 11.4. The number of aliphatic carboxylic acids is 1. The number of hydrogen-bond acceptors (Lipinski definition) is 3. The number of hydrogen-bond donors (Lipinski definition) is 1. The first-order valence-electron chi connectivity index (χ1n) is 7.20. The molecule has 0 atom stereocenters. The van der Waals surface area contributed by atoms with E-state index in [1.54, 1.807) is 6.92 Å². The van der Waals surface area contributed by atoms with Crippen molar-refractivity contribution in [2.24, 2.45) is 0 Å². The Morgan fingerprint density at radius 3 is 2.05 bits per heavy atom. The number of rotatable bonds is 8. The van der Waals surface area contributed by atoms with E-state index in [1.807, 2.05) is 32.0 Å². The van der Waals surface area contributed by atoms with Crippen molar-refractivity contribution in [1.82, 2.24) is 0 Å². The third kappa shape index (κ3) is 4.20. The van der Waals surface area contributed by atoms with Gasteiger partial charge in [0.05, 0.1) is 17.9 Å². The van der Waals surface area contributed by atoms with E-state index in [1.165, 1.54) is 4.31 Å². The molecule has 21 heavy (non-hydrogen) atoms. The second-order valence-corrected chi connectivity index (χ2v) is 6.93. The van der Waals surface area contributed by atoms with Gasteiger partial charge >= 0.3 is 5.97 Å². The lowest BCUT2D eigenvalue weighted by Crippen LogP contribution is -2.35. The lowest BCUT2D eigenvalue weighted by Gasteiger charge is -2.27. The Labute approximate surface area is 126 Å². The summed E-state index contributed by atoms with van der Waals surface area (Å²) < 4.78 is 26.0. The zero-order valence-corrected chi connectivity index (χ0v) is 13.6. The Morgan fingerprint density at radius 1 is 1.14 bits per heavy atom. The molecule has 0 fully saturated rings. The van der Waals surface area contributed by atoms with Crippen molar-refractivity contribution in [1.29, 1.82) is 0 Å². The Hall–Kier alpha value is -1.56. The van der Waals surface area contributed by atoms with E-state index < -0.39 is 16.0 Å². The number of carboxylic acids is 1. The second-order valence-electron chi connectivity index (χ2n) is 4.75. The topological polar surface area (TPSA) is 74.7 Å². The van der Waals surface area contributed by atoms with Crippen LogP contribution in [-0.4, -0.2) is 31.8 Å². The third-order valence-corrected chi connectivity index (χ3v) is 5.21. The molecule has 1 N–H and O–H groups in total. The molecule has 1 aromatic rings. The van der Waals surface area contributed by atoms with Crippen LogP contribution < -0.4 is 4.31 Å². The SMILES string of the molecule is CCc1cccc(CC)c1N(CCC(=O)O)S(=O)(=O)CC. The Bertz CT molecular complexity index is 573. The summed E-state index contributed by atoms with van der Waals surface area (Å²) in [6, 6.07) is 5.70. The first-order chi connectivity index (χ1) is 9.87. The Morgan fingerprint density at radius 2 is 1.67 bits per heavy atom. The largest absolute Gasteiger partial charge is 0.481 e. The molecule has 0 spiro atoms. The predicted molar refractivity (Wildman–Crippen MR) is 84.3 cm³/mol. The quantitative estimate of drug-likeness (QED) is 0.800. The molecule has 0 radical (unpaired) electrons. The second kappa shape index (κ2) is 7.45. The number of nitrogens with zero attached hydrogens (tertiary/aromatic N) is 1. The van der Waals surface area contributed by atoms with E-state index >= 15 is 0 Å². The van der Waals surface area contributed by atoms with E-state index in [4.69, 9.17) is 5.11 Å². The van der Waals surface area contributed by atoms with Crippen LogP contribution in [0.4, 0.5) is 5.69 Å². The van der Waals surface area contributed by atoms with Crippen molar-refractivity contribution in [3.63, 3.8) is 0 Å². The highest BCUT2D eigenvalue weighted by atomic mass is 32.2. The van der Waals surface area contributed by atoms with Crippen LogP contribution in [-0.2, 0) is 27.7 Å². The van der Waals surface area contributed by atoms with Crippen LogP contribution in [0.2, 0.25) is 0 Å². The fourth-order valence-corrected chi connectivity index (χ4v) is 3.47. The van der Waals surface area contributed by atoms with Gasteiger partial charge in [-0.15, -0.1) is 0 Å². The zero-order chi connectivity index (χ0) is 16.0. The zero-order valence-electron chi connectivity index (χ0n) is 12.8. The first kappa shape index (κ1) is 17.5. The monoisotopic (exact) mass is 313 g/mol. The highest BCUT2D eigenvalue weighted by molar-refractivity contribution is 7.92. The molecule has 0 heterocycles. The highest BCUT2D eigenvalue weighted by Gasteiger charge is 2.25. The van der Waals surface area contributed by atoms with Gasteiger partial charge in [-0.25, -0.2) is 8.42 Å². The molecule has 118 valence electrons. The lowest BCUT2D eigenvalue weighted by molar-refractivity contribution is -0.136. The minimum absolute atomic E-state index is 0.0322. The molecule has 0 amide bonds. The molecule has 5 nitrogen and oxygen atoms in total. The van der Waals surface area contributed by atoms with Crippen LogP contribution in [0.15, 0.2) is 18.2 Å². The van der Waals surface area contributed by atoms with Crippen molar-refractivity contribution < 1.29 is 18.3 Å². The minimum atomic E-state index is -3.50. The van der Waals surface area contributed by atoms with Gasteiger partial charge in [-0.2, -0.15) is 0 Å². The molecule has 0 unspecified atom stereocenters. The molecule has 0 aromatic heterocycles. The van der Waals surface area contributed by atoms with Gasteiger partial charge in [-0.05, 0) is 30.9 Å². The Kier molecular flexibility index (Phi) is 6.20. The standard InChI is InChI=1S/C15H23NO4S/c1-4-12-8-7-9-13(5-2)15(12)16(11-10-14(17)18)21(19,20)6-3/h7-9H,4-6,10-11H2,1-3H3,(H,17,18). The molecule has 0 saturated heterocycles. The molecule has 6 heteroatoms. The summed E-state index contributed by atoms with van der Waals surface area (Å²) in [5, 5.41) is 8.88. The summed E-state index contributed by atoms with van der Waals surface area (Å²) in [7, 11) is -3.50. The number of carboxylic acid groups (broad SMARTS) is 1. The number of benzene rings is 1. The van der Waals surface area contributed by atoms with Crippen molar-refractivity contribution in [3.05, 3.63) is 29.3 Å². The van der Waals surface area contributed by atoms with Crippen LogP contribution in [0.1, 0.15) is 38.3 Å². The first-order valence-corrected chi connectivity index (χ1v) is 8.81. The molecule has 0 aliphatic rings. The number of aryl methyl sites for hydroxylation is 2. The maximum Gasteiger partial charge on any atom is 0.305 e. The van der Waals surface area contributed by atoms with Crippen molar-refractivity contribution in [3.8, 4) is 0 Å². The van der Waals surface area contributed by atoms with Gasteiger partial charge in [0.15, 0.2) is 0 Å². The molecule has 0 bridgehead atoms. The van der Waals surface area contributed by atoms with Gasteiger partial charge in [0.25, 0.3) is 0 Å². The summed E-state index contributed by atoms with van der Waals surface area (Å²) in [4.78, 5) is 10.8. The number of para-hydroxylation sites is 1. The number of sulfonamides is 1. The number of carbonyl (C=O) groups is 1. The maximum atomic E-state index is 12.4. The minimum Gasteiger partial charge on any atom is -0.481 e. The van der Waals surface area contributed by atoms with E-state index in [0.717, 1.165) is 11.1 Å². The van der Waals surface area contributed by atoms with E-state index in [2.05, 4.69) is 0 Å². The lowest BCUT2D eigenvalue weighted by atomic mass is 10.0. The van der Waals surface area contributed by atoms with Gasteiger partial charge in [-0.3, -0.25) is 9.10 Å². The van der Waals surface area contributed by atoms with Crippen molar-refractivity contribution in [2.45, 2.75) is 40.0 Å². The molecule has 1 aromatic carbocycles. The third-order valence-electron chi connectivity index (χ3n) is 3.44. The van der Waals surface area contributed by atoms with Crippen molar-refractivity contribution >= 4 is 21.7 Å². The fraction of sp³-hybridized carbons (Fsp3) is 0.533.